The first-order valence-corrected chi connectivity index (χ1v) is 8.82. The highest BCUT2D eigenvalue weighted by molar-refractivity contribution is 7.91. The molecule has 0 aliphatic heterocycles. The summed E-state index contributed by atoms with van der Waals surface area (Å²) in [5.41, 5.74) is 0.524. The smallest absolute Gasteiger partial charge is 0.408 e. The monoisotopic (exact) mass is 345 g/mol. The van der Waals surface area contributed by atoms with E-state index in [1.807, 2.05) is 0 Å². The SMILES string of the molecule is Cc1noc(C)c1CC1(S(N)(=O)=O)CC1N(C(=O)O)C(C)(C)C. The Hall–Kier alpha value is -1.61. The van der Waals surface area contributed by atoms with E-state index in [0.29, 0.717) is 17.0 Å². The van der Waals surface area contributed by atoms with Gasteiger partial charge in [0.25, 0.3) is 0 Å². The number of carboxylic acid groups (broad SMARTS) is 1. The summed E-state index contributed by atoms with van der Waals surface area (Å²) in [6, 6.07) is -0.691. The van der Waals surface area contributed by atoms with Crippen LogP contribution in [0, 0.1) is 13.8 Å². The summed E-state index contributed by atoms with van der Waals surface area (Å²) in [5, 5.41) is 18.8. The van der Waals surface area contributed by atoms with E-state index in [-0.39, 0.29) is 12.8 Å². The number of carbonyl (C=O) groups is 1. The van der Waals surface area contributed by atoms with Crippen molar-refractivity contribution < 1.29 is 22.8 Å². The minimum absolute atomic E-state index is 0.0948. The van der Waals surface area contributed by atoms with Gasteiger partial charge in [0.1, 0.15) is 10.5 Å². The summed E-state index contributed by atoms with van der Waals surface area (Å²) >= 11 is 0. The van der Waals surface area contributed by atoms with Crippen molar-refractivity contribution >= 4 is 16.1 Å². The fourth-order valence-electron chi connectivity index (χ4n) is 3.13. The highest BCUT2D eigenvalue weighted by Gasteiger charge is 2.67. The van der Waals surface area contributed by atoms with Crippen molar-refractivity contribution in [2.24, 2.45) is 5.14 Å². The lowest BCUT2D eigenvalue weighted by Gasteiger charge is -2.35. The van der Waals surface area contributed by atoms with Crippen molar-refractivity contribution in [3.05, 3.63) is 17.0 Å². The van der Waals surface area contributed by atoms with E-state index in [4.69, 9.17) is 9.66 Å². The highest BCUT2D eigenvalue weighted by Crippen LogP contribution is 2.51. The minimum atomic E-state index is -3.96. The zero-order chi connectivity index (χ0) is 17.8. The van der Waals surface area contributed by atoms with Gasteiger partial charge in [0.15, 0.2) is 0 Å². The average Bonchev–Trinajstić information content (AvgIpc) is 2.96. The van der Waals surface area contributed by atoms with Crippen molar-refractivity contribution in [1.82, 2.24) is 10.1 Å². The van der Waals surface area contributed by atoms with Gasteiger partial charge in [-0.1, -0.05) is 5.16 Å². The molecule has 0 saturated heterocycles. The van der Waals surface area contributed by atoms with Gasteiger partial charge in [0, 0.05) is 17.5 Å². The van der Waals surface area contributed by atoms with Crippen LogP contribution in [0.1, 0.15) is 44.2 Å². The number of sulfonamides is 1. The number of primary sulfonamides is 1. The van der Waals surface area contributed by atoms with E-state index < -0.39 is 32.4 Å². The van der Waals surface area contributed by atoms with Gasteiger partial charge >= 0.3 is 6.09 Å². The maximum Gasteiger partial charge on any atom is 0.408 e. The summed E-state index contributed by atoms with van der Waals surface area (Å²) in [5.74, 6) is 0.522. The molecule has 1 amide bonds. The Labute approximate surface area is 135 Å². The van der Waals surface area contributed by atoms with Crippen molar-refractivity contribution in [3.8, 4) is 0 Å². The van der Waals surface area contributed by atoms with Crippen molar-refractivity contribution in [3.63, 3.8) is 0 Å². The molecule has 2 unspecified atom stereocenters. The maximum atomic E-state index is 12.2. The van der Waals surface area contributed by atoms with Crippen LogP contribution in [0.2, 0.25) is 0 Å². The number of nitrogens with zero attached hydrogens (tertiary/aromatic N) is 2. The molecule has 1 saturated carbocycles. The zero-order valence-corrected chi connectivity index (χ0v) is 14.8. The summed E-state index contributed by atoms with van der Waals surface area (Å²) < 4.78 is 28.2. The van der Waals surface area contributed by atoms with Gasteiger partial charge in [-0.15, -0.1) is 0 Å². The summed E-state index contributed by atoms with van der Waals surface area (Å²) in [6.45, 7) is 8.59. The molecular formula is C14H23N3O5S. The molecule has 8 nitrogen and oxygen atoms in total. The lowest BCUT2D eigenvalue weighted by atomic mass is 10.0. The third-order valence-corrected chi connectivity index (χ3v) is 6.17. The molecule has 0 bridgehead atoms. The average molecular weight is 345 g/mol. The van der Waals surface area contributed by atoms with Crippen LogP contribution in [0.5, 0.6) is 0 Å². The maximum absolute atomic E-state index is 12.2. The topological polar surface area (TPSA) is 127 Å². The summed E-state index contributed by atoms with van der Waals surface area (Å²) in [7, 11) is -3.96. The Morgan fingerprint density at radius 3 is 2.39 bits per heavy atom. The molecule has 9 heteroatoms. The molecule has 1 heterocycles. The molecular weight excluding hydrogens is 322 g/mol. The first-order chi connectivity index (χ1) is 10.3. The van der Waals surface area contributed by atoms with Gasteiger partial charge in [0.05, 0.1) is 11.7 Å². The molecule has 1 aromatic rings. The van der Waals surface area contributed by atoms with Gasteiger partial charge in [0.2, 0.25) is 10.0 Å². The van der Waals surface area contributed by atoms with Crippen LogP contribution in [0.4, 0.5) is 4.79 Å². The van der Waals surface area contributed by atoms with E-state index >= 15 is 0 Å². The van der Waals surface area contributed by atoms with Crippen LogP contribution < -0.4 is 5.14 Å². The molecule has 1 aliphatic rings. The summed E-state index contributed by atoms with van der Waals surface area (Å²) in [4.78, 5) is 12.8. The van der Waals surface area contributed by atoms with Crippen molar-refractivity contribution in [2.45, 2.75) is 63.8 Å². The molecule has 130 valence electrons. The second kappa shape index (κ2) is 5.20. The first-order valence-electron chi connectivity index (χ1n) is 7.27. The third-order valence-electron chi connectivity index (χ3n) is 4.45. The number of hydrogen-bond donors (Lipinski definition) is 2. The standard InChI is InChI=1S/C14H23N3O5S/c1-8-10(9(2)22-16-8)6-14(23(15,20)21)7-11(14)17(12(18)19)13(3,4)5/h11H,6-7H2,1-5H3,(H,18,19)(H2,15,20,21). The predicted octanol–water partition coefficient (Wildman–Crippen LogP) is 1.41. The fraction of sp³-hybridized carbons (Fsp3) is 0.714. The largest absolute Gasteiger partial charge is 0.465 e. The Morgan fingerprint density at radius 1 is 1.48 bits per heavy atom. The van der Waals surface area contributed by atoms with Gasteiger partial charge < -0.3 is 9.63 Å². The molecule has 1 aliphatic carbocycles. The van der Waals surface area contributed by atoms with Crippen LogP contribution >= 0.6 is 0 Å². The van der Waals surface area contributed by atoms with E-state index in [2.05, 4.69) is 5.16 Å². The quantitative estimate of drug-likeness (QED) is 0.849. The highest BCUT2D eigenvalue weighted by atomic mass is 32.2. The van der Waals surface area contributed by atoms with E-state index in [1.54, 1.807) is 34.6 Å². The molecule has 2 atom stereocenters. The lowest BCUT2D eigenvalue weighted by molar-refractivity contribution is 0.0927. The van der Waals surface area contributed by atoms with Gasteiger partial charge in [-0.2, -0.15) is 0 Å². The molecule has 0 spiro atoms. The van der Waals surface area contributed by atoms with Crippen LogP contribution in [0.25, 0.3) is 0 Å². The Morgan fingerprint density at radius 2 is 2.04 bits per heavy atom. The second-order valence-corrected chi connectivity index (χ2v) is 9.04. The lowest BCUT2D eigenvalue weighted by Crippen LogP contribution is -2.51. The Balaban J connectivity index is 2.45. The summed E-state index contributed by atoms with van der Waals surface area (Å²) in [6.07, 6.45) is -0.899. The Kier molecular flexibility index (Phi) is 4.01. The molecule has 23 heavy (non-hydrogen) atoms. The van der Waals surface area contributed by atoms with Crippen molar-refractivity contribution in [1.29, 1.82) is 0 Å². The Bertz CT molecular complexity index is 715. The number of hydrogen-bond acceptors (Lipinski definition) is 5. The molecule has 0 radical (unpaired) electrons. The van der Waals surface area contributed by atoms with E-state index in [0.717, 1.165) is 0 Å². The third kappa shape index (κ3) is 2.94. The second-order valence-electron chi connectivity index (χ2n) is 7.13. The molecule has 1 aromatic heterocycles. The van der Waals surface area contributed by atoms with Gasteiger partial charge in [-0.25, -0.2) is 18.4 Å². The number of nitrogens with two attached hydrogens (primary N) is 1. The zero-order valence-electron chi connectivity index (χ0n) is 14.0. The molecule has 0 aromatic carbocycles. The van der Waals surface area contributed by atoms with Crippen LogP contribution in [-0.2, 0) is 16.4 Å². The number of rotatable bonds is 4. The van der Waals surface area contributed by atoms with Crippen LogP contribution in [0.15, 0.2) is 4.52 Å². The number of amides is 1. The van der Waals surface area contributed by atoms with Gasteiger partial charge in [-0.05, 0) is 41.0 Å². The normalized spacial score (nSPS) is 24.5. The fourth-order valence-corrected chi connectivity index (χ4v) is 4.35. The van der Waals surface area contributed by atoms with E-state index in [1.165, 1.54) is 4.90 Å². The minimum Gasteiger partial charge on any atom is -0.465 e. The molecule has 1 fully saturated rings. The van der Waals surface area contributed by atoms with E-state index in [9.17, 15) is 18.3 Å². The molecule has 3 N–H and O–H groups in total. The van der Waals surface area contributed by atoms with Crippen molar-refractivity contribution in [2.75, 3.05) is 0 Å². The van der Waals surface area contributed by atoms with Crippen LogP contribution in [-0.4, -0.2) is 46.0 Å². The first kappa shape index (κ1) is 17.7. The van der Waals surface area contributed by atoms with Crippen LogP contribution in [0.3, 0.4) is 0 Å². The van der Waals surface area contributed by atoms with Gasteiger partial charge in [-0.3, -0.25) is 4.90 Å². The predicted molar refractivity (Wildman–Crippen MR) is 83.5 cm³/mol. The number of aryl methyl sites for hydroxylation is 2. The molecule has 2 rings (SSSR count). The number of aromatic nitrogens is 1.